The molecular formula is C17H15N3O2. The van der Waals surface area contributed by atoms with Crippen molar-refractivity contribution < 1.29 is 9.53 Å². The fourth-order valence-corrected chi connectivity index (χ4v) is 1.74. The molecule has 0 fully saturated rings. The van der Waals surface area contributed by atoms with Crippen LogP contribution in [-0.2, 0) is 0 Å². The van der Waals surface area contributed by atoms with Gasteiger partial charge in [0.2, 0.25) is 0 Å². The number of hydrogen-bond donors (Lipinski definition) is 2. The summed E-state index contributed by atoms with van der Waals surface area (Å²) in [5.41, 5.74) is 9.71. The van der Waals surface area contributed by atoms with Crippen molar-refractivity contribution in [1.82, 2.24) is 5.43 Å². The van der Waals surface area contributed by atoms with E-state index in [2.05, 4.69) is 16.4 Å². The Labute approximate surface area is 128 Å². The lowest BCUT2D eigenvalue weighted by atomic mass is 10.2. The average molecular weight is 293 g/mol. The van der Waals surface area contributed by atoms with Crippen LogP contribution in [0, 0.1) is 12.3 Å². The van der Waals surface area contributed by atoms with E-state index in [9.17, 15) is 4.79 Å². The predicted octanol–water partition coefficient (Wildman–Crippen LogP) is 2.04. The summed E-state index contributed by atoms with van der Waals surface area (Å²) in [4.78, 5) is 11.9. The van der Waals surface area contributed by atoms with E-state index in [0.29, 0.717) is 17.0 Å². The number of amides is 1. The van der Waals surface area contributed by atoms with Gasteiger partial charge in [-0.25, -0.2) is 5.43 Å². The molecule has 0 aliphatic rings. The van der Waals surface area contributed by atoms with Gasteiger partial charge in [0.05, 0.1) is 11.8 Å². The molecule has 110 valence electrons. The van der Waals surface area contributed by atoms with E-state index in [-0.39, 0.29) is 12.5 Å². The first kappa shape index (κ1) is 15.1. The number of nitrogens with zero attached hydrogens (tertiary/aromatic N) is 1. The highest BCUT2D eigenvalue weighted by Gasteiger charge is 2.06. The number of nitrogens with two attached hydrogens (primary N) is 1. The number of ether oxygens (including phenoxy) is 1. The van der Waals surface area contributed by atoms with Crippen molar-refractivity contribution in [2.75, 3.05) is 12.3 Å². The number of anilines is 1. The van der Waals surface area contributed by atoms with Gasteiger partial charge >= 0.3 is 0 Å². The molecule has 0 atom stereocenters. The molecule has 1 amide bonds. The van der Waals surface area contributed by atoms with Crippen molar-refractivity contribution in [2.45, 2.75) is 0 Å². The minimum atomic E-state index is -0.367. The van der Waals surface area contributed by atoms with Crippen LogP contribution >= 0.6 is 0 Å². The van der Waals surface area contributed by atoms with E-state index < -0.39 is 0 Å². The van der Waals surface area contributed by atoms with Crippen LogP contribution in [0.15, 0.2) is 53.6 Å². The van der Waals surface area contributed by atoms with Crippen molar-refractivity contribution in [3.05, 3.63) is 59.7 Å². The zero-order valence-electron chi connectivity index (χ0n) is 11.8. The summed E-state index contributed by atoms with van der Waals surface area (Å²) < 4.78 is 5.31. The molecule has 0 saturated heterocycles. The lowest BCUT2D eigenvalue weighted by Gasteiger charge is -2.04. The van der Waals surface area contributed by atoms with Crippen LogP contribution in [0.25, 0.3) is 0 Å². The zero-order valence-corrected chi connectivity index (χ0v) is 11.8. The summed E-state index contributed by atoms with van der Waals surface area (Å²) in [6.07, 6.45) is 6.65. The maximum atomic E-state index is 11.9. The third kappa shape index (κ3) is 4.12. The lowest BCUT2D eigenvalue weighted by Crippen LogP contribution is -2.18. The van der Waals surface area contributed by atoms with Crippen LogP contribution in [0.5, 0.6) is 5.75 Å². The van der Waals surface area contributed by atoms with Crippen LogP contribution in [0.3, 0.4) is 0 Å². The first-order valence-electron chi connectivity index (χ1n) is 6.55. The topological polar surface area (TPSA) is 76.7 Å². The van der Waals surface area contributed by atoms with Gasteiger partial charge in [-0.3, -0.25) is 4.79 Å². The largest absolute Gasteiger partial charge is 0.481 e. The number of para-hydroxylation sites is 1. The van der Waals surface area contributed by atoms with Crippen molar-refractivity contribution >= 4 is 17.8 Å². The predicted molar refractivity (Wildman–Crippen MR) is 86.7 cm³/mol. The highest BCUT2D eigenvalue weighted by Crippen LogP contribution is 2.12. The van der Waals surface area contributed by atoms with Crippen molar-refractivity contribution in [1.29, 1.82) is 0 Å². The standard InChI is InChI=1S/C17H15N3O2/c1-2-10-22-14-7-5-6-13(11-14)12-19-20-17(21)15-8-3-4-9-16(15)18/h1,3-9,11-12H,10,18H2,(H,20,21)/b19-12-. The first-order chi connectivity index (χ1) is 10.7. The van der Waals surface area contributed by atoms with Crippen LogP contribution in [0.2, 0.25) is 0 Å². The molecule has 0 aromatic heterocycles. The number of carbonyl (C=O) groups excluding carboxylic acids is 1. The van der Waals surface area contributed by atoms with Gasteiger partial charge in [-0.1, -0.05) is 30.2 Å². The molecule has 2 aromatic carbocycles. The number of terminal acetylenes is 1. The summed E-state index contributed by atoms with van der Waals surface area (Å²) in [6, 6.07) is 14.0. The molecule has 0 bridgehead atoms. The van der Waals surface area contributed by atoms with Gasteiger partial charge in [0.1, 0.15) is 12.4 Å². The molecular weight excluding hydrogens is 278 g/mol. The molecule has 0 aliphatic carbocycles. The zero-order chi connectivity index (χ0) is 15.8. The number of rotatable bonds is 5. The third-order valence-corrected chi connectivity index (χ3v) is 2.77. The van der Waals surface area contributed by atoms with Crippen LogP contribution in [-0.4, -0.2) is 18.7 Å². The van der Waals surface area contributed by atoms with Gasteiger partial charge in [-0.2, -0.15) is 5.10 Å². The number of benzene rings is 2. The summed E-state index contributed by atoms with van der Waals surface area (Å²) in [6.45, 7) is 0.199. The second-order valence-corrected chi connectivity index (χ2v) is 4.35. The Hall–Kier alpha value is -3.26. The average Bonchev–Trinajstić information content (AvgIpc) is 2.53. The number of nitrogen functional groups attached to an aromatic ring is 1. The minimum absolute atomic E-state index is 0.199. The molecule has 0 spiro atoms. The molecule has 5 heteroatoms. The van der Waals surface area contributed by atoms with Crippen molar-refractivity contribution in [3.63, 3.8) is 0 Å². The molecule has 3 N–H and O–H groups in total. The summed E-state index contributed by atoms with van der Waals surface area (Å²) in [5.74, 6) is 2.67. The van der Waals surface area contributed by atoms with Crippen molar-refractivity contribution in [2.24, 2.45) is 5.10 Å². The number of hydrazone groups is 1. The van der Waals surface area contributed by atoms with Gasteiger partial charge in [0, 0.05) is 5.69 Å². The summed E-state index contributed by atoms with van der Waals surface area (Å²) in [7, 11) is 0. The quantitative estimate of drug-likeness (QED) is 0.383. The van der Waals surface area contributed by atoms with E-state index in [4.69, 9.17) is 16.9 Å². The summed E-state index contributed by atoms with van der Waals surface area (Å²) >= 11 is 0. The molecule has 0 radical (unpaired) electrons. The molecule has 0 aliphatic heterocycles. The Morgan fingerprint density at radius 2 is 2.14 bits per heavy atom. The maximum absolute atomic E-state index is 11.9. The van der Waals surface area contributed by atoms with Gasteiger partial charge in [0.15, 0.2) is 0 Å². The van der Waals surface area contributed by atoms with E-state index in [1.165, 1.54) is 6.21 Å². The first-order valence-corrected chi connectivity index (χ1v) is 6.55. The second-order valence-electron chi connectivity index (χ2n) is 4.35. The normalized spacial score (nSPS) is 10.1. The SMILES string of the molecule is C#CCOc1cccc(/C=N\NC(=O)c2ccccc2N)c1. The Morgan fingerprint density at radius 3 is 2.91 bits per heavy atom. The number of hydrogen-bond acceptors (Lipinski definition) is 4. The van der Waals surface area contributed by atoms with Crippen LogP contribution < -0.4 is 15.9 Å². The molecule has 2 rings (SSSR count). The maximum Gasteiger partial charge on any atom is 0.273 e. The third-order valence-electron chi connectivity index (χ3n) is 2.77. The second kappa shape index (κ2) is 7.50. The Morgan fingerprint density at radius 1 is 1.32 bits per heavy atom. The van der Waals surface area contributed by atoms with E-state index in [1.807, 2.05) is 12.1 Å². The van der Waals surface area contributed by atoms with E-state index >= 15 is 0 Å². The molecule has 0 saturated carbocycles. The molecule has 5 nitrogen and oxygen atoms in total. The highest BCUT2D eigenvalue weighted by molar-refractivity contribution is 5.99. The smallest absolute Gasteiger partial charge is 0.273 e. The van der Waals surface area contributed by atoms with Gasteiger partial charge in [-0.05, 0) is 29.8 Å². The minimum Gasteiger partial charge on any atom is -0.481 e. The van der Waals surface area contributed by atoms with Gasteiger partial charge in [-0.15, -0.1) is 6.42 Å². The van der Waals surface area contributed by atoms with Gasteiger partial charge in [0.25, 0.3) is 5.91 Å². The monoisotopic (exact) mass is 293 g/mol. The van der Waals surface area contributed by atoms with Gasteiger partial charge < -0.3 is 10.5 Å². The Balaban J connectivity index is 1.99. The number of nitrogens with one attached hydrogen (secondary N) is 1. The van der Waals surface area contributed by atoms with Crippen LogP contribution in [0.4, 0.5) is 5.69 Å². The molecule has 0 heterocycles. The summed E-state index contributed by atoms with van der Waals surface area (Å²) in [5, 5.41) is 3.90. The van der Waals surface area contributed by atoms with E-state index in [1.54, 1.807) is 36.4 Å². The Bertz CT molecular complexity index is 733. The Kier molecular flexibility index (Phi) is 5.16. The van der Waals surface area contributed by atoms with E-state index in [0.717, 1.165) is 5.56 Å². The number of carbonyl (C=O) groups is 1. The fraction of sp³-hybridized carbons (Fsp3) is 0.0588. The van der Waals surface area contributed by atoms with Crippen LogP contribution in [0.1, 0.15) is 15.9 Å². The molecule has 0 unspecified atom stereocenters. The molecule has 2 aromatic rings. The highest BCUT2D eigenvalue weighted by atomic mass is 16.5. The molecule has 22 heavy (non-hydrogen) atoms. The fourth-order valence-electron chi connectivity index (χ4n) is 1.74. The lowest BCUT2D eigenvalue weighted by molar-refractivity contribution is 0.0956. The van der Waals surface area contributed by atoms with Crippen molar-refractivity contribution in [3.8, 4) is 18.1 Å².